The lowest BCUT2D eigenvalue weighted by Crippen LogP contribution is -2.51. The van der Waals surface area contributed by atoms with Crippen molar-refractivity contribution in [2.24, 2.45) is 0 Å². The number of methoxy groups -OCH3 is 2. The average Bonchev–Trinajstić information content (AvgIpc) is 2.88. The second-order valence-corrected chi connectivity index (χ2v) is 8.47. The van der Waals surface area contributed by atoms with E-state index in [4.69, 9.17) is 9.47 Å². The van der Waals surface area contributed by atoms with Crippen LogP contribution < -0.4 is 20.3 Å². The summed E-state index contributed by atoms with van der Waals surface area (Å²) in [5.41, 5.74) is 4.25. The van der Waals surface area contributed by atoms with Crippen molar-refractivity contribution in [2.45, 2.75) is 19.4 Å². The fourth-order valence-corrected chi connectivity index (χ4v) is 4.47. The third kappa shape index (κ3) is 5.17. The fourth-order valence-electron chi connectivity index (χ4n) is 4.47. The number of rotatable bonds is 7. The van der Waals surface area contributed by atoms with E-state index in [1.54, 1.807) is 7.11 Å². The van der Waals surface area contributed by atoms with Crippen molar-refractivity contribution in [1.82, 2.24) is 15.5 Å². The lowest BCUT2D eigenvalue weighted by molar-refractivity contribution is -0.136. The minimum atomic E-state index is -0.553. The molecule has 0 spiro atoms. The number of carbonyl (C=O) groups excluding carboxylic acids is 2. The number of anilines is 1. The van der Waals surface area contributed by atoms with E-state index < -0.39 is 12.0 Å². The van der Waals surface area contributed by atoms with Crippen LogP contribution in [-0.2, 0) is 16.0 Å². The molecule has 2 aromatic carbocycles. The van der Waals surface area contributed by atoms with E-state index in [0.29, 0.717) is 17.8 Å². The topological polar surface area (TPSA) is 83.1 Å². The molecule has 0 aromatic heterocycles. The van der Waals surface area contributed by atoms with Crippen LogP contribution in [0.25, 0.3) is 0 Å². The molecule has 2 aromatic rings. The molecular formula is C26H32N4O4. The Hall–Kier alpha value is -3.52. The van der Waals surface area contributed by atoms with Crippen LogP contribution in [-0.4, -0.2) is 63.8 Å². The molecule has 4 rings (SSSR count). The highest BCUT2D eigenvalue weighted by atomic mass is 16.5. The summed E-state index contributed by atoms with van der Waals surface area (Å²) in [7, 11) is 3.03. The van der Waals surface area contributed by atoms with Gasteiger partial charge in [-0.2, -0.15) is 0 Å². The SMILES string of the molecule is CCc1ccc([C@H]2NC(=O)NC(CN3CCN(c4ccc(OC)cc4)CC3)=C2C(=O)OC)cc1. The molecule has 0 radical (unpaired) electrons. The molecule has 2 aliphatic rings. The Balaban J connectivity index is 1.51. The number of amides is 2. The van der Waals surface area contributed by atoms with Crippen molar-refractivity contribution in [3.63, 3.8) is 0 Å². The van der Waals surface area contributed by atoms with E-state index in [-0.39, 0.29) is 6.03 Å². The van der Waals surface area contributed by atoms with E-state index in [1.165, 1.54) is 12.7 Å². The molecule has 0 saturated carbocycles. The lowest BCUT2D eigenvalue weighted by Gasteiger charge is -2.38. The third-order valence-corrected chi connectivity index (χ3v) is 6.47. The first kappa shape index (κ1) is 23.6. The van der Waals surface area contributed by atoms with Crippen LogP contribution in [0.2, 0.25) is 0 Å². The van der Waals surface area contributed by atoms with Crippen LogP contribution in [0.4, 0.5) is 10.5 Å². The summed E-state index contributed by atoms with van der Waals surface area (Å²) in [4.78, 5) is 29.9. The molecule has 8 nitrogen and oxygen atoms in total. The van der Waals surface area contributed by atoms with Gasteiger partial charge in [-0.25, -0.2) is 9.59 Å². The number of urea groups is 1. The first-order valence-corrected chi connectivity index (χ1v) is 11.6. The van der Waals surface area contributed by atoms with E-state index in [0.717, 1.165) is 49.6 Å². The Morgan fingerprint density at radius 3 is 2.26 bits per heavy atom. The summed E-state index contributed by atoms with van der Waals surface area (Å²) in [6, 6.07) is 15.2. The van der Waals surface area contributed by atoms with Crippen LogP contribution in [0.15, 0.2) is 59.8 Å². The zero-order valence-electron chi connectivity index (χ0n) is 20.0. The largest absolute Gasteiger partial charge is 0.497 e. The Labute approximate surface area is 200 Å². The van der Waals surface area contributed by atoms with Gasteiger partial charge in [-0.1, -0.05) is 31.2 Å². The predicted molar refractivity (Wildman–Crippen MR) is 131 cm³/mol. The number of carbonyl (C=O) groups is 2. The summed E-state index contributed by atoms with van der Waals surface area (Å²) in [5, 5.41) is 5.76. The normalized spacial score (nSPS) is 18.9. The van der Waals surface area contributed by atoms with E-state index in [1.807, 2.05) is 36.4 Å². The minimum Gasteiger partial charge on any atom is -0.497 e. The third-order valence-electron chi connectivity index (χ3n) is 6.47. The molecule has 0 unspecified atom stereocenters. The molecule has 2 amide bonds. The smallest absolute Gasteiger partial charge is 0.338 e. The number of hydrogen-bond donors (Lipinski definition) is 2. The molecule has 180 valence electrons. The number of esters is 1. The van der Waals surface area contributed by atoms with Crippen molar-refractivity contribution in [3.05, 3.63) is 70.9 Å². The van der Waals surface area contributed by atoms with Gasteiger partial charge in [-0.3, -0.25) is 4.90 Å². The number of nitrogens with one attached hydrogen (secondary N) is 2. The van der Waals surface area contributed by atoms with Crippen molar-refractivity contribution < 1.29 is 19.1 Å². The van der Waals surface area contributed by atoms with Gasteiger partial charge in [0, 0.05) is 44.1 Å². The van der Waals surface area contributed by atoms with Gasteiger partial charge in [0.2, 0.25) is 0 Å². The van der Waals surface area contributed by atoms with Gasteiger partial charge in [0.25, 0.3) is 0 Å². The molecule has 1 atom stereocenters. The van der Waals surface area contributed by atoms with Gasteiger partial charge in [0.05, 0.1) is 25.8 Å². The minimum absolute atomic E-state index is 0.316. The first-order chi connectivity index (χ1) is 16.5. The van der Waals surface area contributed by atoms with E-state index >= 15 is 0 Å². The highest BCUT2D eigenvalue weighted by molar-refractivity contribution is 5.95. The number of nitrogens with zero attached hydrogens (tertiary/aromatic N) is 2. The number of aryl methyl sites for hydroxylation is 1. The molecule has 2 heterocycles. The van der Waals surface area contributed by atoms with Gasteiger partial charge in [0.1, 0.15) is 5.75 Å². The number of ether oxygens (including phenoxy) is 2. The van der Waals surface area contributed by atoms with Gasteiger partial charge < -0.3 is 25.0 Å². The van der Waals surface area contributed by atoms with Crippen LogP contribution in [0.5, 0.6) is 5.75 Å². The highest BCUT2D eigenvalue weighted by Crippen LogP contribution is 2.29. The number of hydrogen-bond acceptors (Lipinski definition) is 6. The van der Waals surface area contributed by atoms with Crippen molar-refractivity contribution in [2.75, 3.05) is 51.8 Å². The maximum atomic E-state index is 12.8. The molecular weight excluding hydrogens is 432 g/mol. The molecule has 2 aliphatic heterocycles. The summed E-state index contributed by atoms with van der Waals surface area (Å²) < 4.78 is 10.4. The fraction of sp³-hybridized carbons (Fsp3) is 0.385. The quantitative estimate of drug-likeness (QED) is 0.614. The summed E-state index contributed by atoms with van der Waals surface area (Å²) in [6.45, 7) is 5.88. The second kappa shape index (κ2) is 10.6. The highest BCUT2D eigenvalue weighted by Gasteiger charge is 2.34. The molecule has 0 bridgehead atoms. The van der Waals surface area contributed by atoms with E-state index in [9.17, 15) is 9.59 Å². The predicted octanol–water partition coefficient (Wildman–Crippen LogP) is 2.86. The van der Waals surface area contributed by atoms with Crippen molar-refractivity contribution in [3.8, 4) is 5.75 Å². The molecule has 1 fully saturated rings. The summed E-state index contributed by atoms with van der Waals surface area (Å²) in [6.07, 6.45) is 0.923. The molecule has 34 heavy (non-hydrogen) atoms. The Bertz CT molecular complexity index is 1040. The van der Waals surface area contributed by atoms with Crippen LogP contribution in [0.1, 0.15) is 24.1 Å². The Morgan fingerprint density at radius 1 is 1.00 bits per heavy atom. The van der Waals surface area contributed by atoms with Crippen LogP contribution in [0, 0.1) is 0 Å². The lowest BCUT2D eigenvalue weighted by atomic mass is 9.94. The number of piperazine rings is 1. The van der Waals surface area contributed by atoms with Gasteiger partial charge in [-0.05, 0) is 41.8 Å². The maximum absolute atomic E-state index is 12.8. The average molecular weight is 465 g/mol. The summed E-state index contributed by atoms with van der Waals surface area (Å²) >= 11 is 0. The maximum Gasteiger partial charge on any atom is 0.338 e. The van der Waals surface area contributed by atoms with Crippen LogP contribution >= 0.6 is 0 Å². The number of benzene rings is 2. The second-order valence-electron chi connectivity index (χ2n) is 8.47. The zero-order valence-corrected chi connectivity index (χ0v) is 20.0. The molecule has 8 heteroatoms. The zero-order chi connectivity index (χ0) is 24.1. The first-order valence-electron chi connectivity index (χ1n) is 11.6. The van der Waals surface area contributed by atoms with E-state index in [2.05, 4.69) is 39.5 Å². The molecule has 2 N–H and O–H groups in total. The Morgan fingerprint density at radius 2 is 1.68 bits per heavy atom. The van der Waals surface area contributed by atoms with Gasteiger partial charge >= 0.3 is 12.0 Å². The summed E-state index contributed by atoms with van der Waals surface area (Å²) in [5.74, 6) is 0.397. The van der Waals surface area contributed by atoms with Crippen molar-refractivity contribution in [1.29, 1.82) is 0 Å². The monoisotopic (exact) mass is 464 g/mol. The van der Waals surface area contributed by atoms with Gasteiger partial charge in [0.15, 0.2) is 0 Å². The molecule has 1 saturated heterocycles. The Kier molecular flexibility index (Phi) is 7.37. The van der Waals surface area contributed by atoms with Crippen LogP contribution in [0.3, 0.4) is 0 Å². The molecule has 0 aliphatic carbocycles. The van der Waals surface area contributed by atoms with Crippen molar-refractivity contribution >= 4 is 17.7 Å². The van der Waals surface area contributed by atoms with Gasteiger partial charge in [-0.15, -0.1) is 0 Å². The standard InChI is InChI=1S/C26H32N4O4/c1-4-18-5-7-19(8-6-18)24-23(25(31)34-3)22(27-26(32)28-24)17-29-13-15-30(16-14-29)20-9-11-21(33-2)12-10-20/h5-12,24H,4,13-17H2,1-3H3,(H2,27,28,32)/t24-/m1/s1.